The molecule has 1 aromatic heterocycles. The summed E-state index contributed by atoms with van der Waals surface area (Å²) in [5.41, 5.74) is 0.822. The Morgan fingerprint density at radius 1 is 1.15 bits per heavy atom. The highest BCUT2D eigenvalue weighted by Gasteiger charge is 2.11. The highest BCUT2D eigenvalue weighted by atomic mass is 35.5. The van der Waals surface area contributed by atoms with Gasteiger partial charge in [0.25, 0.3) is 0 Å². The Labute approximate surface area is 164 Å². The first-order valence-corrected chi connectivity index (χ1v) is 10.4. The number of benzene rings is 2. The molecular formula is C18H16ClN3O2S2. The van der Waals surface area contributed by atoms with Gasteiger partial charge < -0.3 is 4.42 Å². The van der Waals surface area contributed by atoms with E-state index in [4.69, 9.17) is 16.0 Å². The predicted octanol–water partition coefficient (Wildman–Crippen LogP) is 5.23. The number of amides is 1. The number of thioether (sulfide) groups is 2. The number of carbonyl (C=O) groups excluding carboxylic acids is 1. The molecule has 0 aliphatic carbocycles. The minimum absolute atomic E-state index is 0.107. The summed E-state index contributed by atoms with van der Waals surface area (Å²) in [6, 6.07) is 15.4. The van der Waals surface area contributed by atoms with Gasteiger partial charge in [-0.15, -0.1) is 28.6 Å². The fraction of sp³-hybridized carbons (Fsp3) is 0.167. The molecule has 26 heavy (non-hydrogen) atoms. The minimum atomic E-state index is -0.167. The molecule has 1 heterocycles. The van der Waals surface area contributed by atoms with Crippen LogP contribution < -0.4 is 5.32 Å². The maximum absolute atomic E-state index is 12.0. The van der Waals surface area contributed by atoms with E-state index in [0.717, 1.165) is 15.4 Å². The van der Waals surface area contributed by atoms with Crippen molar-refractivity contribution in [2.45, 2.75) is 16.2 Å². The number of hydrogen-bond donors (Lipinski definition) is 1. The van der Waals surface area contributed by atoms with Crippen LogP contribution in [0.15, 0.2) is 62.7 Å². The summed E-state index contributed by atoms with van der Waals surface area (Å²) < 4.78 is 5.53. The van der Waals surface area contributed by atoms with Crippen LogP contribution >= 0.6 is 35.1 Å². The average Bonchev–Trinajstić information content (AvgIpc) is 3.12. The number of anilines is 1. The average molecular weight is 406 g/mol. The molecule has 0 fully saturated rings. The molecule has 1 N–H and O–H groups in total. The van der Waals surface area contributed by atoms with E-state index in [-0.39, 0.29) is 11.9 Å². The number of nitrogens with zero attached hydrogens (tertiary/aromatic N) is 2. The summed E-state index contributed by atoms with van der Waals surface area (Å²) in [7, 11) is 0. The SMILES string of the molecule is CSc1cccc(-c2nnc(NC(=O)CCSc3ccc(Cl)cc3)o2)c1. The van der Waals surface area contributed by atoms with Crippen molar-refractivity contribution in [3.8, 4) is 11.5 Å². The van der Waals surface area contributed by atoms with Gasteiger partial charge in [-0.2, -0.15) is 0 Å². The molecule has 0 atom stereocenters. The fourth-order valence-corrected chi connectivity index (χ4v) is 3.56. The Hall–Kier alpha value is -1.96. The summed E-state index contributed by atoms with van der Waals surface area (Å²) in [5, 5.41) is 11.2. The van der Waals surface area contributed by atoms with E-state index in [2.05, 4.69) is 15.5 Å². The molecule has 1 amide bonds. The largest absolute Gasteiger partial charge is 0.403 e. The van der Waals surface area contributed by atoms with Crippen molar-refractivity contribution in [3.63, 3.8) is 0 Å². The van der Waals surface area contributed by atoms with Crippen LogP contribution in [-0.2, 0) is 4.79 Å². The molecule has 0 bridgehead atoms. The van der Waals surface area contributed by atoms with Crippen molar-refractivity contribution in [1.82, 2.24) is 10.2 Å². The molecule has 5 nitrogen and oxygen atoms in total. The first-order valence-electron chi connectivity index (χ1n) is 7.80. The molecule has 2 aromatic carbocycles. The molecule has 0 unspecified atom stereocenters. The Morgan fingerprint density at radius 2 is 1.96 bits per heavy atom. The normalized spacial score (nSPS) is 10.7. The maximum atomic E-state index is 12.0. The summed E-state index contributed by atoms with van der Waals surface area (Å²) in [6.07, 6.45) is 2.34. The third-order valence-electron chi connectivity index (χ3n) is 3.40. The van der Waals surface area contributed by atoms with Crippen LogP contribution in [0.4, 0.5) is 6.01 Å². The van der Waals surface area contributed by atoms with Gasteiger partial charge in [-0.1, -0.05) is 22.8 Å². The summed E-state index contributed by atoms with van der Waals surface area (Å²) in [5.74, 6) is 0.857. The van der Waals surface area contributed by atoms with E-state index < -0.39 is 0 Å². The predicted molar refractivity (Wildman–Crippen MR) is 107 cm³/mol. The molecule has 3 rings (SSSR count). The smallest absolute Gasteiger partial charge is 0.322 e. The summed E-state index contributed by atoms with van der Waals surface area (Å²) in [6.45, 7) is 0. The van der Waals surface area contributed by atoms with E-state index in [1.165, 1.54) is 0 Å². The van der Waals surface area contributed by atoms with Crippen LogP contribution in [0.3, 0.4) is 0 Å². The third kappa shape index (κ3) is 5.27. The minimum Gasteiger partial charge on any atom is -0.403 e. The Balaban J connectivity index is 1.51. The first kappa shape index (κ1) is 18.8. The summed E-state index contributed by atoms with van der Waals surface area (Å²) >= 11 is 9.07. The fourth-order valence-electron chi connectivity index (χ4n) is 2.12. The van der Waals surface area contributed by atoms with Gasteiger partial charge in [-0.05, 0) is 48.7 Å². The van der Waals surface area contributed by atoms with Crippen molar-refractivity contribution < 1.29 is 9.21 Å². The number of nitrogens with one attached hydrogen (secondary N) is 1. The highest BCUT2D eigenvalue weighted by molar-refractivity contribution is 7.99. The van der Waals surface area contributed by atoms with Gasteiger partial charge in [0.1, 0.15) is 0 Å². The van der Waals surface area contributed by atoms with Crippen molar-refractivity contribution in [1.29, 1.82) is 0 Å². The second kappa shape index (κ2) is 9.12. The molecule has 0 saturated heterocycles. The van der Waals surface area contributed by atoms with Gasteiger partial charge in [0.2, 0.25) is 11.8 Å². The van der Waals surface area contributed by atoms with Crippen LogP contribution in [0, 0.1) is 0 Å². The van der Waals surface area contributed by atoms with Gasteiger partial charge in [0, 0.05) is 32.6 Å². The van der Waals surface area contributed by atoms with Crippen LogP contribution in [0.2, 0.25) is 5.02 Å². The molecule has 0 radical (unpaired) electrons. The van der Waals surface area contributed by atoms with Crippen molar-refractivity contribution >= 4 is 47.0 Å². The first-order chi connectivity index (χ1) is 12.6. The van der Waals surface area contributed by atoms with E-state index in [1.54, 1.807) is 23.5 Å². The standard InChI is InChI=1S/C18H16ClN3O2S2/c1-25-15-4-2-3-12(11-15)17-21-22-18(24-17)20-16(23)9-10-26-14-7-5-13(19)6-8-14/h2-8,11H,9-10H2,1H3,(H,20,22,23). The topological polar surface area (TPSA) is 68.0 Å². The molecule has 3 aromatic rings. The molecule has 0 spiro atoms. The molecule has 0 aliphatic heterocycles. The van der Waals surface area contributed by atoms with Crippen LogP contribution in [0.25, 0.3) is 11.5 Å². The van der Waals surface area contributed by atoms with Crippen molar-refractivity contribution in [2.75, 3.05) is 17.3 Å². The van der Waals surface area contributed by atoms with E-state index in [9.17, 15) is 4.79 Å². The van der Waals surface area contributed by atoms with E-state index in [0.29, 0.717) is 23.1 Å². The number of hydrogen-bond acceptors (Lipinski definition) is 6. The molecule has 8 heteroatoms. The highest BCUT2D eigenvalue weighted by Crippen LogP contribution is 2.25. The second-order valence-electron chi connectivity index (χ2n) is 5.24. The van der Waals surface area contributed by atoms with Gasteiger partial charge in [0.05, 0.1) is 0 Å². The third-order valence-corrected chi connectivity index (χ3v) is 5.39. The zero-order valence-corrected chi connectivity index (χ0v) is 16.3. The van der Waals surface area contributed by atoms with Crippen LogP contribution in [0.1, 0.15) is 6.42 Å². The quantitative estimate of drug-likeness (QED) is 0.542. The van der Waals surface area contributed by atoms with Gasteiger partial charge in [-0.3, -0.25) is 10.1 Å². The Morgan fingerprint density at radius 3 is 2.73 bits per heavy atom. The second-order valence-corrected chi connectivity index (χ2v) is 7.73. The Bertz CT molecular complexity index is 884. The van der Waals surface area contributed by atoms with Crippen molar-refractivity contribution in [3.05, 3.63) is 53.6 Å². The lowest BCUT2D eigenvalue weighted by molar-refractivity contribution is -0.115. The monoisotopic (exact) mass is 405 g/mol. The van der Waals surface area contributed by atoms with Crippen LogP contribution in [0.5, 0.6) is 0 Å². The Kier molecular flexibility index (Phi) is 6.60. The summed E-state index contributed by atoms with van der Waals surface area (Å²) in [4.78, 5) is 14.2. The number of carbonyl (C=O) groups is 1. The lowest BCUT2D eigenvalue weighted by Gasteiger charge is -2.02. The lowest BCUT2D eigenvalue weighted by Crippen LogP contribution is -2.12. The van der Waals surface area contributed by atoms with Crippen molar-refractivity contribution in [2.24, 2.45) is 0 Å². The molecule has 0 saturated carbocycles. The molecular weight excluding hydrogens is 390 g/mol. The van der Waals surface area contributed by atoms with E-state index in [1.807, 2.05) is 54.8 Å². The number of rotatable bonds is 7. The lowest BCUT2D eigenvalue weighted by atomic mass is 10.2. The zero-order chi connectivity index (χ0) is 18.4. The zero-order valence-electron chi connectivity index (χ0n) is 13.9. The number of aromatic nitrogens is 2. The van der Waals surface area contributed by atoms with Gasteiger partial charge >= 0.3 is 6.01 Å². The van der Waals surface area contributed by atoms with E-state index >= 15 is 0 Å². The number of halogens is 1. The van der Waals surface area contributed by atoms with Gasteiger partial charge in [-0.25, -0.2) is 0 Å². The maximum Gasteiger partial charge on any atom is 0.322 e. The van der Waals surface area contributed by atoms with Gasteiger partial charge in [0.15, 0.2) is 0 Å². The molecule has 0 aliphatic rings. The van der Waals surface area contributed by atoms with Crippen LogP contribution in [-0.4, -0.2) is 28.1 Å². The molecule has 134 valence electrons.